The zero-order valence-corrected chi connectivity index (χ0v) is 8.14. The number of nitrogens with zero attached hydrogens (tertiary/aromatic N) is 1. The summed E-state index contributed by atoms with van der Waals surface area (Å²) in [5.41, 5.74) is 0.651. The van der Waals surface area contributed by atoms with Crippen LogP contribution in [0.25, 0.3) is 0 Å². The fraction of sp³-hybridized carbons (Fsp3) is 0.364. The summed E-state index contributed by atoms with van der Waals surface area (Å²) in [6.07, 6.45) is 0.577. The molecule has 2 rings (SSSR count). The number of hydrogen-bond acceptors (Lipinski definition) is 1. The molecule has 0 aliphatic carbocycles. The summed E-state index contributed by atoms with van der Waals surface area (Å²) in [5.74, 6) is -0.814. The zero-order valence-electron chi connectivity index (χ0n) is 8.14. The molecule has 0 aromatic heterocycles. The lowest BCUT2D eigenvalue weighted by Gasteiger charge is -2.25. The Labute approximate surface area is 81.5 Å². The first-order chi connectivity index (χ1) is 6.48. The van der Waals surface area contributed by atoms with Gasteiger partial charge in [0.25, 0.3) is 0 Å². The highest BCUT2D eigenvalue weighted by atomic mass is 19.1. The highest BCUT2D eigenvalue weighted by Crippen LogP contribution is 2.27. The van der Waals surface area contributed by atoms with Crippen LogP contribution in [0.1, 0.15) is 25.0 Å². The van der Waals surface area contributed by atoms with E-state index in [0.717, 1.165) is 0 Å². The zero-order chi connectivity index (χ0) is 10.3. The molecule has 14 heavy (non-hydrogen) atoms. The third-order valence-electron chi connectivity index (χ3n) is 2.31. The lowest BCUT2D eigenvalue weighted by molar-refractivity contribution is 0.497. The minimum atomic E-state index is -0.490. The third-order valence-corrected chi connectivity index (χ3v) is 2.31. The summed E-state index contributed by atoms with van der Waals surface area (Å²) in [5, 5.41) is 0. The van der Waals surface area contributed by atoms with Gasteiger partial charge in [0.2, 0.25) is 5.97 Å². The van der Waals surface area contributed by atoms with E-state index in [9.17, 15) is 8.78 Å². The second-order valence-electron chi connectivity index (χ2n) is 4.19. The standard InChI is InChI=1S/C11H11F2N/c1-11(2)6-7-5-8(12)3-4-9(7)10(13)14-11/h3-5H,6H2,1-2H3. The van der Waals surface area contributed by atoms with Crippen molar-refractivity contribution in [3.05, 3.63) is 35.1 Å². The van der Waals surface area contributed by atoms with Crippen molar-refractivity contribution in [2.45, 2.75) is 25.8 Å². The maximum Gasteiger partial charge on any atom is 0.216 e. The molecule has 1 aliphatic heterocycles. The molecule has 74 valence electrons. The molecule has 0 N–H and O–H groups in total. The monoisotopic (exact) mass is 195 g/mol. The third kappa shape index (κ3) is 1.54. The molecule has 1 heterocycles. The van der Waals surface area contributed by atoms with Crippen molar-refractivity contribution in [2.24, 2.45) is 4.99 Å². The van der Waals surface area contributed by atoms with Gasteiger partial charge in [-0.3, -0.25) is 4.99 Å². The Hall–Kier alpha value is -1.25. The number of rotatable bonds is 0. The first kappa shape index (κ1) is 9.31. The number of aliphatic imine (C=N–C) groups is 1. The second kappa shape index (κ2) is 2.87. The molecule has 0 saturated carbocycles. The van der Waals surface area contributed by atoms with Crippen molar-refractivity contribution < 1.29 is 8.78 Å². The normalized spacial score (nSPS) is 18.7. The van der Waals surface area contributed by atoms with Gasteiger partial charge in [-0.05, 0) is 44.0 Å². The molecular weight excluding hydrogens is 184 g/mol. The van der Waals surface area contributed by atoms with Gasteiger partial charge in [-0.1, -0.05) is 0 Å². The Balaban J connectivity index is 2.56. The summed E-state index contributed by atoms with van der Waals surface area (Å²) >= 11 is 0. The molecule has 0 amide bonds. The highest BCUT2D eigenvalue weighted by molar-refractivity contribution is 5.96. The van der Waals surface area contributed by atoms with Crippen molar-refractivity contribution >= 4 is 5.97 Å². The lowest BCUT2D eigenvalue weighted by Crippen LogP contribution is -2.27. The second-order valence-corrected chi connectivity index (χ2v) is 4.19. The van der Waals surface area contributed by atoms with E-state index in [1.807, 2.05) is 13.8 Å². The van der Waals surface area contributed by atoms with Crippen LogP contribution in [0.5, 0.6) is 0 Å². The fourth-order valence-electron chi connectivity index (χ4n) is 1.74. The molecule has 0 bridgehead atoms. The van der Waals surface area contributed by atoms with Gasteiger partial charge in [0.1, 0.15) is 5.82 Å². The maximum absolute atomic E-state index is 13.4. The summed E-state index contributed by atoms with van der Waals surface area (Å²) in [7, 11) is 0. The first-order valence-corrected chi connectivity index (χ1v) is 4.52. The first-order valence-electron chi connectivity index (χ1n) is 4.52. The van der Waals surface area contributed by atoms with Gasteiger partial charge in [0.15, 0.2) is 0 Å². The Morgan fingerprint density at radius 1 is 1.29 bits per heavy atom. The van der Waals surface area contributed by atoms with E-state index < -0.39 is 11.5 Å². The summed E-state index contributed by atoms with van der Waals surface area (Å²) < 4.78 is 26.3. The predicted molar refractivity (Wildman–Crippen MR) is 51.8 cm³/mol. The molecule has 0 radical (unpaired) electrons. The summed E-state index contributed by atoms with van der Waals surface area (Å²) in [4.78, 5) is 3.91. The molecule has 0 saturated heterocycles. The molecule has 1 nitrogen and oxygen atoms in total. The van der Waals surface area contributed by atoms with Crippen LogP contribution in [0.3, 0.4) is 0 Å². The van der Waals surface area contributed by atoms with Crippen molar-refractivity contribution in [3.63, 3.8) is 0 Å². The van der Waals surface area contributed by atoms with Crippen LogP contribution in [0.2, 0.25) is 0 Å². The van der Waals surface area contributed by atoms with Crippen LogP contribution in [-0.2, 0) is 6.42 Å². The van der Waals surface area contributed by atoms with Crippen molar-refractivity contribution in [1.29, 1.82) is 0 Å². The van der Waals surface area contributed by atoms with E-state index in [-0.39, 0.29) is 5.82 Å². The van der Waals surface area contributed by atoms with Crippen LogP contribution < -0.4 is 0 Å². The van der Waals surface area contributed by atoms with E-state index in [4.69, 9.17) is 0 Å². The Morgan fingerprint density at radius 3 is 2.71 bits per heavy atom. The van der Waals surface area contributed by atoms with E-state index in [2.05, 4.69) is 4.99 Å². The quantitative estimate of drug-likeness (QED) is 0.603. The van der Waals surface area contributed by atoms with E-state index >= 15 is 0 Å². The van der Waals surface area contributed by atoms with Crippen molar-refractivity contribution in [3.8, 4) is 0 Å². The molecule has 1 aromatic rings. The maximum atomic E-state index is 13.4. The fourth-order valence-corrected chi connectivity index (χ4v) is 1.74. The molecule has 1 aliphatic rings. The summed E-state index contributed by atoms with van der Waals surface area (Å²) in [6, 6.07) is 4.08. The van der Waals surface area contributed by atoms with Crippen LogP contribution in [0.4, 0.5) is 8.78 Å². The van der Waals surface area contributed by atoms with E-state index in [1.165, 1.54) is 18.2 Å². The largest absolute Gasteiger partial charge is 0.251 e. The average Bonchev–Trinajstić information content (AvgIpc) is 2.00. The van der Waals surface area contributed by atoms with Crippen molar-refractivity contribution in [2.75, 3.05) is 0 Å². The Kier molecular flexibility index (Phi) is 1.91. The van der Waals surface area contributed by atoms with Crippen LogP contribution >= 0.6 is 0 Å². The SMILES string of the molecule is CC1(C)Cc2cc(F)ccc2C(F)=N1. The van der Waals surface area contributed by atoms with Gasteiger partial charge in [-0.25, -0.2) is 4.39 Å². The molecule has 0 spiro atoms. The van der Waals surface area contributed by atoms with Crippen LogP contribution in [-0.4, -0.2) is 11.5 Å². The number of fused-ring (bicyclic) bond motifs is 1. The highest BCUT2D eigenvalue weighted by Gasteiger charge is 2.26. The smallest absolute Gasteiger partial charge is 0.216 e. The van der Waals surface area contributed by atoms with Crippen molar-refractivity contribution in [1.82, 2.24) is 0 Å². The van der Waals surface area contributed by atoms with Gasteiger partial charge >= 0.3 is 0 Å². The van der Waals surface area contributed by atoms with E-state index in [0.29, 0.717) is 17.5 Å². The van der Waals surface area contributed by atoms with Crippen LogP contribution in [0, 0.1) is 5.82 Å². The predicted octanol–water partition coefficient (Wildman–Crippen LogP) is 2.88. The number of halogens is 2. The molecule has 0 atom stereocenters. The lowest BCUT2D eigenvalue weighted by atomic mass is 9.89. The van der Waals surface area contributed by atoms with Crippen LogP contribution in [0.15, 0.2) is 23.2 Å². The molecule has 0 fully saturated rings. The molecule has 3 heteroatoms. The minimum absolute atomic E-state index is 0.325. The minimum Gasteiger partial charge on any atom is -0.251 e. The van der Waals surface area contributed by atoms with Gasteiger partial charge < -0.3 is 0 Å². The van der Waals surface area contributed by atoms with Gasteiger partial charge in [-0.2, -0.15) is 4.39 Å². The molecule has 1 aromatic carbocycles. The van der Waals surface area contributed by atoms with E-state index in [1.54, 1.807) is 0 Å². The summed E-state index contributed by atoms with van der Waals surface area (Å²) in [6.45, 7) is 3.67. The topological polar surface area (TPSA) is 12.4 Å². The Morgan fingerprint density at radius 2 is 2.00 bits per heavy atom. The number of benzene rings is 1. The molecular formula is C11H11F2N. The molecule has 0 unspecified atom stereocenters. The Bertz CT molecular complexity index is 408. The van der Waals surface area contributed by atoms with Gasteiger partial charge in [0.05, 0.1) is 5.54 Å². The number of hydrogen-bond donors (Lipinski definition) is 0. The average molecular weight is 195 g/mol. The van der Waals surface area contributed by atoms with Gasteiger partial charge in [0, 0.05) is 5.56 Å². The van der Waals surface area contributed by atoms with Gasteiger partial charge in [-0.15, -0.1) is 0 Å².